The quantitative estimate of drug-likeness (QED) is 0.286. The largest absolute Gasteiger partial charge is 0.496 e. The fraction of sp³-hybridized carbons (Fsp3) is 0.174. The topological polar surface area (TPSA) is 52.1 Å². The van der Waals surface area contributed by atoms with Crippen molar-refractivity contribution >= 4 is 41.0 Å². The van der Waals surface area contributed by atoms with Crippen LogP contribution in [0.4, 0.5) is 0 Å². The summed E-state index contributed by atoms with van der Waals surface area (Å²) in [6, 6.07) is 16.6. The second-order valence-corrected chi connectivity index (χ2v) is 7.70. The summed E-state index contributed by atoms with van der Waals surface area (Å²) in [5, 5.41) is 5.62. The van der Waals surface area contributed by atoms with Crippen LogP contribution in [-0.4, -0.2) is 20.4 Å². The van der Waals surface area contributed by atoms with E-state index in [0.29, 0.717) is 33.1 Å². The number of halogens is 3. The van der Waals surface area contributed by atoms with Crippen LogP contribution in [0.3, 0.4) is 0 Å². The molecule has 0 spiro atoms. The highest BCUT2D eigenvalue weighted by atomic mass is 35.5. The van der Waals surface area contributed by atoms with Gasteiger partial charge in [0.1, 0.15) is 12.4 Å². The number of hydrazone groups is 1. The molecule has 162 valence electrons. The molecule has 0 saturated carbocycles. The summed E-state index contributed by atoms with van der Waals surface area (Å²) in [5.74, 6) is 1.74. The van der Waals surface area contributed by atoms with Gasteiger partial charge in [-0.1, -0.05) is 59.1 Å². The molecule has 0 amide bonds. The van der Waals surface area contributed by atoms with Crippen LogP contribution in [0, 0.1) is 0 Å². The summed E-state index contributed by atoms with van der Waals surface area (Å²) in [4.78, 5) is 0. The van der Waals surface area contributed by atoms with E-state index in [2.05, 4.69) is 10.5 Å². The predicted octanol–water partition coefficient (Wildman–Crippen LogP) is 6.37. The number of benzene rings is 3. The van der Waals surface area contributed by atoms with E-state index in [4.69, 9.17) is 49.0 Å². The Hall–Kier alpha value is -2.60. The number of hydrogen-bond donors (Lipinski definition) is 1. The molecule has 0 unspecified atom stereocenters. The standard InChI is InChI=1S/C23H21Cl3N2O3/c1-29-21-6-4-3-5-17(21)13-28-27-12-16-10-20(26)23(22(11-16)30-2)31-14-15-7-8-18(24)19(25)9-15/h3-12,28H,13-14H2,1-2H3/b27-12-. The lowest BCUT2D eigenvalue weighted by Gasteiger charge is -2.13. The molecule has 31 heavy (non-hydrogen) atoms. The van der Waals surface area contributed by atoms with Crippen molar-refractivity contribution in [2.24, 2.45) is 5.10 Å². The summed E-state index contributed by atoms with van der Waals surface area (Å²) in [6.07, 6.45) is 1.66. The highest BCUT2D eigenvalue weighted by molar-refractivity contribution is 6.42. The molecule has 0 heterocycles. The van der Waals surface area contributed by atoms with Gasteiger partial charge in [-0.15, -0.1) is 0 Å². The predicted molar refractivity (Wildman–Crippen MR) is 126 cm³/mol. The zero-order valence-electron chi connectivity index (χ0n) is 17.0. The number of methoxy groups -OCH3 is 2. The molecule has 0 bridgehead atoms. The molecule has 0 saturated heterocycles. The summed E-state index contributed by atoms with van der Waals surface area (Å²) in [7, 11) is 3.19. The van der Waals surface area contributed by atoms with Crippen molar-refractivity contribution in [2.45, 2.75) is 13.2 Å². The first-order chi connectivity index (χ1) is 15.0. The van der Waals surface area contributed by atoms with Gasteiger partial charge in [0.15, 0.2) is 11.5 Å². The number of hydrogen-bond acceptors (Lipinski definition) is 5. The van der Waals surface area contributed by atoms with Gasteiger partial charge in [0, 0.05) is 5.56 Å². The van der Waals surface area contributed by atoms with Gasteiger partial charge in [-0.2, -0.15) is 5.10 Å². The third-order valence-electron chi connectivity index (χ3n) is 4.39. The molecule has 5 nitrogen and oxygen atoms in total. The Kier molecular flexibility index (Phi) is 8.29. The Morgan fingerprint density at radius 1 is 0.871 bits per heavy atom. The third-order valence-corrected chi connectivity index (χ3v) is 5.41. The van der Waals surface area contributed by atoms with Gasteiger partial charge >= 0.3 is 0 Å². The molecular weight excluding hydrogens is 459 g/mol. The van der Waals surface area contributed by atoms with Gasteiger partial charge in [0.25, 0.3) is 0 Å². The van der Waals surface area contributed by atoms with Crippen LogP contribution in [0.5, 0.6) is 17.2 Å². The van der Waals surface area contributed by atoms with Crippen molar-refractivity contribution in [1.29, 1.82) is 0 Å². The average Bonchev–Trinajstić information content (AvgIpc) is 2.78. The van der Waals surface area contributed by atoms with Gasteiger partial charge in [-0.3, -0.25) is 0 Å². The van der Waals surface area contributed by atoms with E-state index < -0.39 is 0 Å². The Labute approximate surface area is 196 Å². The maximum atomic E-state index is 6.43. The van der Waals surface area contributed by atoms with Crippen molar-refractivity contribution in [3.63, 3.8) is 0 Å². The Balaban J connectivity index is 1.66. The molecule has 0 radical (unpaired) electrons. The highest BCUT2D eigenvalue weighted by Gasteiger charge is 2.12. The lowest BCUT2D eigenvalue weighted by atomic mass is 10.2. The molecule has 3 rings (SSSR count). The van der Waals surface area contributed by atoms with E-state index >= 15 is 0 Å². The molecule has 0 aliphatic rings. The molecule has 0 fully saturated rings. The number of nitrogens with zero attached hydrogens (tertiary/aromatic N) is 1. The molecule has 0 aliphatic carbocycles. The smallest absolute Gasteiger partial charge is 0.180 e. The van der Waals surface area contributed by atoms with Crippen LogP contribution in [0.2, 0.25) is 15.1 Å². The molecule has 1 N–H and O–H groups in total. The molecule has 0 aliphatic heterocycles. The van der Waals surface area contributed by atoms with E-state index in [1.54, 1.807) is 44.7 Å². The zero-order chi connectivity index (χ0) is 22.2. The van der Waals surface area contributed by atoms with Crippen molar-refractivity contribution in [1.82, 2.24) is 5.43 Å². The fourth-order valence-electron chi connectivity index (χ4n) is 2.84. The second-order valence-electron chi connectivity index (χ2n) is 6.48. The van der Waals surface area contributed by atoms with Crippen molar-refractivity contribution in [3.8, 4) is 17.2 Å². The molecule has 0 aromatic heterocycles. The van der Waals surface area contributed by atoms with E-state index in [1.165, 1.54) is 0 Å². The van der Waals surface area contributed by atoms with Gasteiger partial charge < -0.3 is 19.6 Å². The monoisotopic (exact) mass is 478 g/mol. The SMILES string of the molecule is COc1ccccc1CN/N=C\c1cc(Cl)c(OCc2ccc(Cl)c(Cl)c2)c(OC)c1. The van der Waals surface area contributed by atoms with Crippen LogP contribution < -0.4 is 19.6 Å². The van der Waals surface area contributed by atoms with Crippen molar-refractivity contribution in [2.75, 3.05) is 14.2 Å². The summed E-state index contributed by atoms with van der Waals surface area (Å²) < 4.78 is 16.7. The van der Waals surface area contributed by atoms with Crippen LogP contribution in [0.15, 0.2) is 59.7 Å². The number of para-hydroxylation sites is 1. The Morgan fingerprint density at radius 3 is 2.39 bits per heavy atom. The van der Waals surface area contributed by atoms with Crippen molar-refractivity contribution in [3.05, 3.63) is 86.4 Å². The van der Waals surface area contributed by atoms with E-state index in [0.717, 1.165) is 22.4 Å². The lowest BCUT2D eigenvalue weighted by molar-refractivity contribution is 0.284. The number of rotatable bonds is 9. The molecule has 3 aromatic rings. The van der Waals surface area contributed by atoms with Crippen LogP contribution in [0.1, 0.15) is 16.7 Å². The maximum Gasteiger partial charge on any atom is 0.180 e. The molecular formula is C23H21Cl3N2O3. The van der Waals surface area contributed by atoms with Crippen LogP contribution in [-0.2, 0) is 13.2 Å². The Morgan fingerprint density at radius 2 is 1.65 bits per heavy atom. The summed E-state index contributed by atoms with van der Waals surface area (Å²) in [5.41, 5.74) is 5.63. The van der Waals surface area contributed by atoms with Crippen LogP contribution >= 0.6 is 34.8 Å². The van der Waals surface area contributed by atoms with E-state index in [1.807, 2.05) is 30.3 Å². The maximum absolute atomic E-state index is 6.43. The first-order valence-electron chi connectivity index (χ1n) is 9.34. The van der Waals surface area contributed by atoms with E-state index in [9.17, 15) is 0 Å². The Bertz CT molecular complexity index is 1070. The minimum absolute atomic E-state index is 0.265. The summed E-state index contributed by atoms with van der Waals surface area (Å²) >= 11 is 18.4. The number of nitrogens with one attached hydrogen (secondary N) is 1. The summed E-state index contributed by atoms with van der Waals surface area (Å²) in [6.45, 7) is 0.789. The van der Waals surface area contributed by atoms with E-state index in [-0.39, 0.29) is 6.61 Å². The van der Waals surface area contributed by atoms with Gasteiger partial charge in [0.2, 0.25) is 0 Å². The molecule has 3 aromatic carbocycles. The zero-order valence-corrected chi connectivity index (χ0v) is 19.3. The minimum Gasteiger partial charge on any atom is -0.496 e. The fourth-order valence-corrected chi connectivity index (χ4v) is 3.43. The highest BCUT2D eigenvalue weighted by Crippen LogP contribution is 2.37. The molecule has 0 atom stereocenters. The minimum atomic E-state index is 0.265. The second kappa shape index (κ2) is 11.1. The number of ether oxygens (including phenoxy) is 3. The average molecular weight is 480 g/mol. The van der Waals surface area contributed by atoms with Crippen molar-refractivity contribution < 1.29 is 14.2 Å². The first-order valence-corrected chi connectivity index (χ1v) is 10.5. The normalized spacial score (nSPS) is 10.9. The lowest BCUT2D eigenvalue weighted by Crippen LogP contribution is -2.07. The van der Waals surface area contributed by atoms with Gasteiger partial charge in [-0.25, -0.2) is 0 Å². The molecule has 8 heteroatoms. The van der Waals surface area contributed by atoms with Crippen LogP contribution in [0.25, 0.3) is 0 Å². The third kappa shape index (κ3) is 6.20. The first kappa shape index (κ1) is 23.1. The van der Waals surface area contributed by atoms with Gasteiger partial charge in [0.05, 0.1) is 42.0 Å². The van der Waals surface area contributed by atoms with Gasteiger partial charge in [-0.05, 0) is 41.5 Å².